The highest BCUT2D eigenvalue weighted by Crippen LogP contribution is 2.46. The molecule has 0 saturated carbocycles. The van der Waals surface area contributed by atoms with Gasteiger partial charge in [-0.05, 0) is 68.6 Å². The van der Waals surface area contributed by atoms with Gasteiger partial charge in [-0.15, -0.1) is 0 Å². The first-order valence-corrected chi connectivity index (χ1v) is 19.9. The van der Waals surface area contributed by atoms with Crippen molar-refractivity contribution in [1.82, 2.24) is 0 Å². The van der Waals surface area contributed by atoms with Crippen molar-refractivity contribution in [3.8, 4) is 0 Å². The molecule has 0 radical (unpaired) electrons. The maximum Gasteiger partial charge on any atom is 0.311 e. The summed E-state index contributed by atoms with van der Waals surface area (Å²) < 4.78 is 38.3. The summed E-state index contributed by atoms with van der Waals surface area (Å²) in [6, 6.07) is 0. The Labute approximate surface area is 314 Å². The SMILES string of the molecule is CC[C@H]1OC(=O)[C@H](C)[C@@H](OC2CC(C)(C)[C@@H](C)[C@H](C)O2)[C@H](C)[C@@H](OC2O[C@H](C)C[C@H](C)[C@H]2C)C(C)(C)C[C@@H](C)[C@H](O)[C@H](C)[C@@H](O)[C@@]1(O)COC(C)=O. The molecule has 3 heterocycles. The molecule has 3 fully saturated rings. The zero-order valence-electron chi connectivity index (χ0n) is 34.9. The molecule has 0 aromatic rings. The molecule has 2 unspecified atom stereocenters. The van der Waals surface area contributed by atoms with E-state index in [-0.39, 0.29) is 41.8 Å². The fourth-order valence-corrected chi connectivity index (χ4v) is 9.25. The van der Waals surface area contributed by atoms with Crippen LogP contribution in [0.5, 0.6) is 0 Å². The number of aliphatic hydroxyl groups is 3. The van der Waals surface area contributed by atoms with Gasteiger partial charge in [-0.2, -0.15) is 0 Å². The monoisotopic (exact) mass is 743 g/mol. The van der Waals surface area contributed by atoms with Gasteiger partial charge < -0.3 is 43.7 Å². The van der Waals surface area contributed by atoms with E-state index in [1.54, 1.807) is 20.8 Å². The summed E-state index contributed by atoms with van der Waals surface area (Å²) >= 11 is 0. The number of carbonyl (C=O) groups excluding carboxylic acids is 2. The average Bonchev–Trinajstić information content (AvgIpc) is 3.05. The van der Waals surface area contributed by atoms with Gasteiger partial charge in [0.15, 0.2) is 18.2 Å². The molecular formula is C41H74O11. The molecule has 304 valence electrons. The summed E-state index contributed by atoms with van der Waals surface area (Å²) in [6.07, 6.45) is -4.30. The molecule has 11 nitrogen and oxygen atoms in total. The molecule has 3 N–H and O–H groups in total. The van der Waals surface area contributed by atoms with Crippen molar-refractivity contribution < 1.29 is 53.3 Å². The highest BCUT2D eigenvalue weighted by molar-refractivity contribution is 5.73. The van der Waals surface area contributed by atoms with Crippen LogP contribution >= 0.6 is 0 Å². The minimum absolute atomic E-state index is 0.00946. The predicted molar refractivity (Wildman–Crippen MR) is 198 cm³/mol. The molecule has 11 heteroatoms. The normalized spacial score (nSPS) is 46.5. The zero-order valence-corrected chi connectivity index (χ0v) is 34.9. The molecule has 3 saturated heterocycles. The lowest BCUT2D eigenvalue weighted by Gasteiger charge is -2.50. The summed E-state index contributed by atoms with van der Waals surface area (Å²) in [5.74, 6) is -3.07. The van der Waals surface area contributed by atoms with Crippen LogP contribution in [-0.2, 0) is 38.0 Å². The Kier molecular flexibility index (Phi) is 15.3. The van der Waals surface area contributed by atoms with E-state index in [1.807, 2.05) is 20.8 Å². The molecule has 0 amide bonds. The third-order valence-electron chi connectivity index (χ3n) is 13.3. The second-order valence-electron chi connectivity index (χ2n) is 18.5. The quantitative estimate of drug-likeness (QED) is 0.253. The fourth-order valence-electron chi connectivity index (χ4n) is 9.25. The van der Waals surface area contributed by atoms with Gasteiger partial charge >= 0.3 is 11.9 Å². The Hall–Kier alpha value is -1.34. The standard InChI is InChI=1S/C41H74O11/c1-16-31-41(46,20-47-30(11)42)35(44)25(6)33(43)22(3)18-40(14,15)36(52-38-24(5)21(2)17-23(4)48-38)26(7)34(27(8)37(45)50-31)51-32-19-39(12,13)28(9)29(10)49-32/h21-29,31-36,38,43-44,46H,16-20H2,1-15H3/t21-,22+,23+,24+,25-,26-,27+,28-,29-,31+,32?,33-,34-,35+,36+,38?,41+/m0/s1. The number of esters is 2. The molecule has 17 atom stereocenters. The van der Waals surface area contributed by atoms with Crippen molar-refractivity contribution in [3.05, 3.63) is 0 Å². The molecule has 3 rings (SSSR count). The van der Waals surface area contributed by atoms with Crippen molar-refractivity contribution in [3.63, 3.8) is 0 Å². The van der Waals surface area contributed by atoms with Crippen molar-refractivity contribution in [2.75, 3.05) is 6.61 Å². The molecule has 52 heavy (non-hydrogen) atoms. The second-order valence-corrected chi connectivity index (χ2v) is 18.5. The molecule has 0 aromatic carbocycles. The first-order chi connectivity index (χ1) is 23.9. The van der Waals surface area contributed by atoms with Crippen LogP contribution < -0.4 is 0 Å². The van der Waals surface area contributed by atoms with Gasteiger partial charge in [0.05, 0.1) is 42.5 Å². The zero-order chi connectivity index (χ0) is 39.7. The van der Waals surface area contributed by atoms with Crippen molar-refractivity contribution in [1.29, 1.82) is 0 Å². The predicted octanol–water partition coefficient (Wildman–Crippen LogP) is 6.27. The summed E-state index contributed by atoms with van der Waals surface area (Å²) in [7, 11) is 0. The summed E-state index contributed by atoms with van der Waals surface area (Å²) in [5, 5.41) is 35.7. The minimum Gasteiger partial charge on any atom is -0.463 e. The smallest absolute Gasteiger partial charge is 0.311 e. The Morgan fingerprint density at radius 3 is 2.02 bits per heavy atom. The van der Waals surface area contributed by atoms with E-state index in [9.17, 15) is 24.9 Å². The van der Waals surface area contributed by atoms with Crippen LogP contribution in [0.4, 0.5) is 0 Å². The number of rotatable bonds is 7. The van der Waals surface area contributed by atoms with E-state index in [1.165, 1.54) is 6.92 Å². The Bertz CT molecular complexity index is 1180. The highest BCUT2D eigenvalue weighted by atomic mass is 16.7. The van der Waals surface area contributed by atoms with Gasteiger partial charge in [-0.25, -0.2) is 0 Å². The number of hydrogen-bond acceptors (Lipinski definition) is 11. The molecule has 0 aromatic heterocycles. The van der Waals surface area contributed by atoms with Crippen molar-refractivity contribution in [2.45, 2.75) is 190 Å². The molecule has 0 bridgehead atoms. The average molecular weight is 743 g/mol. The van der Waals surface area contributed by atoms with Crippen LogP contribution in [0.3, 0.4) is 0 Å². The van der Waals surface area contributed by atoms with E-state index in [0.717, 1.165) is 6.42 Å². The molecule has 0 spiro atoms. The van der Waals surface area contributed by atoms with Crippen molar-refractivity contribution >= 4 is 11.9 Å². The lowest BCUT2D eigenvalue weighted by atomic mass is 9.68. The van der Waals surface area contributed by atoms with Crippen LogP contribution in [0, 0.1) is 52.3 Å². The maximum absolute atomic E-state index is 14.4. The van der Waals surface area contributed by atoms with E-state index in [0.29, 0.717) is 18.8 Å². The largest absolute Gasteiger partial charge is 0.463 e. The first-order valence-electron chi connectivity index (χ1n) is 19.9. The number of cyclic esters (lactones) is 1. The van der Waals surface area contributed by atoms with E-state index in [2.05, 4.69) is 55.4 Å². The van der Waals surface area contributed by atoms with Gasteiger partial charge in [0.2, 0.25) is 0 Å². The Morgan fingerprint density at radius 2 is 1.46 bits per heavy atom. The van der Waals surface area contributed by atoms with E-state index >= 15 is 0 Å². The lowest BCUT2D eigenvalue weighted by molar-refractivity contribution is -0.294. The minimum atomic E-state index is -2.20. The molecule has 0 aliphatic carbocycles. The Balaban J connectivity index is 2.19. The molecular weight excluding hydrogens is 668 g/mol. The van der Waals surface area contributed by atoms with Gasteiger partial charge in [-0.3, -0.25) is 9.59 Å². The summed E-state index contributed by atoms with van der Waals surface area (Å²) in [6.45, 7) is 28.9. The Morgan fingerprint density at radius 1 is 0.846 bits per heavy atom. The first kappa shape index (κ1) is 45.1. The van der Waals surface area contributed by atoms with Gasteiger partial charge in [0.25, 0.3) is 0 Å². The fraction of sp³-hybridized carbons (Fsp3) is 0.951. The summed E-state index contributed by atoms with van der Waals surface area (Å²) in [4.78, 5) is 26.3. The van der Waals surface area contributed by atoms with Crippen LogP contribution in [0.1, 0.15) is 130 Å². The number of carbonyl (C=O) groups is 2. The number of aliphatic hydroxyl groups excluding tert-OH is 2. The topological polar surface area (TPSA) is 150 Å². The van der Waals surface area contributed by atoms with E-state index < -0.39 is 90.4 Å². The number of hydrogen-bond donors (Lipinski definition) is 3. The highest BCUT2D eigenvalue weighted by Gasteiger charge is 2.53. The van der Waals surface area contributed by atoms with Crippen LogP contribution in [0.25, 0.3) is 0 Å². The maximum atomic E-state index is 14.4. The van der Waals surface area contributed by atoms with Crippen molar-refractivity contribution in [2.24, 2.45) is 52.3 Å². The van der Waals surface area contributed by atoms with Crippen LogP contribution in [0.15, 0.2) is 0 Å². The second kappa shape index (κ2) is 17.6. The van der Waals surface area contributed by atoms with Crippen LogP contribution in [-0.4, -0.2) is 94.8 Å². The molecule has 3 aliphatic heterocycles. The summed E-state index contributed by atoms with van der Waals surface area (Å²) in [5.41, 5.74) is -2.91. The third kappa shape index (κ3) is 10.1. The third-order valence-corrected chi connectivity index (χ3v) is 13.3. The van der Waals surface area contributed by atoms with Gasteiger partial charge in [0, 0.05) is 31.1 Å². The van der Waals surface area contributed by atoms with Gasteiger partial charge in [0.1, 0.15) is 12.7 Å². The van der Waals surface area contributed by atoms with Crippen LogP contribution in [0.2, 0.25) is 0 Å². The van der Waals surface area contributed by atoms with Gasteiger partial charge in [-0.1, -0.05) is 76.2 Å². The van der Waals surface area contributed by atoms with E-state index in [4.69, 9.17) is 28.4 Å². The number of ether oxygens (including phenoxy) is 6. The lowest BCUT2D eigenvalue weighted by Crippen LogP contribution is -2.61. The molecule has 3 aliphatic rings.